The molecule has 0 aliphatic carbocycles. The molecule has 2 aliphatic rings. The number of carbonyl (C=O) groups is 1. The standard InChI is InChI=1S/C8H5BrN2O/c9-6-4-10-3-5-1-2-7(12)11-8(5)6/h1-5H. The average molecular weight is 225 g/mol. The number of allylic oxidation sites excluding steroid dienone is 2. The van der Waals surface area contributed by atoms with E-state index in [-0.39, 0.29) is 11.8 Å². The largest absolute Gasteiger partial charge is 0.269 e. The van der Waals surface area contributed by atoms with Gasteiger partial charge in [-0.25, -0.2) is 4.99 Å². The molecule has 3 nitrogen and oxygen atoms in total. The Labute approximate surface area is 77.7 Å². The Bertz CT molecular complexity index is 350. The molecule has 1 unspecified atom stereocenters. The normalized spacial score (nSPS) is 26.4. The van der Waals surface area contributed by atoms with Gasteiger partial charge >= 0.3 is 0 Å². The number of fused-ring (bicyclic) bond motifs is 1. The van der Waals surface area contributed by atoms with E-state index in [1.165, 1.54) is 6.08 Å². The zero-order valence-electron chi connectivity index (χ0n) is 6.07. The van der Waals surface area contributed by atoms with E-state index in [4.69, 9.17) is 0 Å². The third-order valence-electron chi connectivity index (χ3n) is 1.67. The molecule has 1 atom stereocenters. The molecule has 2 aliphatic heterocycles. The molecule has 0 aromatic carbocycles. The lowest BCUT2D eigenvalue weighted by Gasteiger charge is -2.15. The zero-order chi connectivity index (χ0) is 8.55. The Morgan fingerprint density at radius 1 is 1.50 bits per heavy atom. The van der Waals surface area contributed by atoms with Crippen LogP contribution in [0.25, 0.3) is 0 Å². The molecule has 12 heavy (non-hydrogen) atoms. The molecular weight excluding hydrogens is 220 g/mol. The smallest absolute Gasteiger partial charge is 0.267 e. The minimum atomic E-state index is -0.207. The molecule has 2 rings (SSSR count). The molecule has 1 amide bonds. The molecule has 0 fully saturated rings. The molecule has 0 N–H and O–H groups in total. The van der Waals surface area contributed by atoms with E-state index < -0.39 is 0 Å². The van der Waals surface area contributed by atoms with E-state index in [1.54, 1.807) is 18.5 Å². The minimum Gasteiger partial charge on any atom is -0.267 e. The minimum absolute atomic E-state index is 0.0575. The number of aliphatic imine (C=N–C) groups is 2. The molecule has 0 aromatic heterocycles. The number of dihydropyridines is 1. The Kier molecular flexibility index (Phi) is 1.77. The van der Waals surface area contributed by atoms with E-state index in [0.717, 1.165) is 10.2 Å². The first-order chi connectivity index (χ1) is 5.77. The highest BCUT2D eigenvalue weighted by Crippen LogP contribution is 2.21. The van der Waals surface area contributed by atoms with Crippen LogP contribution in [0.5, 0.6) is 0 Å². The van der Waals surface area contributed by atoms with Gasteiger partial charge in [-0.15, -0.1) is 0 Å². The number of rotatable bonds is 0. The number of hydrogen-bond donors (Lipinski definition) is 0. The van der Waals surface area contributed by atoms with Crippen molar-refractivity contribution in [1.29, 1.82) is 0 Å². The van der Waals surface area contributed by atoms with Gasteiger partial charge in [0.25, 0.3) is 5.91 Å². The van der Waals surface area contributed by atoms with E-state index in [9.17, 15) is 4.79 Å². The summed E-state index contributed by atoms with van der Waals surface area (Å²) in [5.74, 6) is -0.149. The third-order valence-corrected chi connectivity index (χ3v) is 2.28. The van der Waals surface area contributed by atoms with Crippen molar-refractivity contribution in [3.63, 3.8) is 0 Å². The van der Waals surface area contributed by atoms with Crippen molar-refractivity contribution in [1.82, 2.24) is 0 Å². The van der Waals surface area contributed by atoms with Gasteiger partial charge in [0.05, 0.1) is 16.1 Å². The Balaban J connectivity index is 2.44. The zero-order valence-corrected chi connectivity index (χ0v) is 7.65. The van der Waals surface area contributed by atoms with Crippen LogP contribution in [0.1, 0.15) is 0 Å². The monoisotopic (exact) mass is 224 g/mol. The highest BCUT2D eigenvalue weighted by Gasteiger charge is 2.21. The van der Waals surface area contributed by atoms with Gasteiger partial charge in [-0.2, -0.15) is 0 Å². The number of nitrogens with zero attached hydrogens (tertiary/aromatic N) is 2. The summed E-state index contributed by atoms with van der Waals surface area (Å²) < 4.78 is 0.785. The number of hydrogen-bond acceptors (Lipinski definition) is 2. The molecule has 2 heterocycles. The number of amides is 1. The second-order valence-electron chi connectivity index (χ2n) is 2.50. The predicted octanol–water partition coefficient (Wildman–Crippen LogP) is 1.46. The van der Waals surface area contributed by atoms with Crippen LogP contribution in [-0.2, 0) is 4.79 Å². The summed E-state index contributed by atoms with van der Waals surface area (Å²) in [6, 6.07) is 0. The predicted molar refractivity (Wildman–Crippen MR) is 50.6 cm³/mol. The average Bonchev–Trinajstić information content (AvgIpc) is 2.07. The van der Waals surface area contributed by atoms with E-state index in [0.29, 0.717) is 0 Å². The van der Waals surface area contributed by atoms with Crippen molar-refractivity contribution in [2.24, 2.45) is 15.9 Å². The summed E-state index contributed by atoms with van der Waals surface area (Å²) in [6.07, 6.45) is 6.66. The molecule has 0 radical (unpaired) electrons. The van der Waals surface area contributed by atoms with Crippen molar-refractivity contribution in [2.75, 3.05) is 0 Å². The van der Waals surface area contributed by atoms with E-state index in [1.807, 2.05) is 0 Å². The summed E-state index contributed by atoms with van der Waals surface area (Å²) in [5.41, 5.74) is 0.748. The lowest BCUT2D eigenvalue weighted by Crippen LogP contribution is -2.21. The summed E-state index contributed by atoms with van der Waals surface area (Å²) in [4.78, 5) is 18.8. The number of carbonyl (C=O) groups excluding carboxylic acids is 1. The lowest BCUT2D eigenvalue weighted by molar-refractivity contribution is -0.113. The van der Waals surface area contributed by atoms with Crippen LogP contribution in [-0.4, -0.2) is 17.8 Å². The fourth-order valence-electron chi connectivity index (χ4n) is 1.11. The fraction of sp³-hybridized carbons (Fsp3) is 0.125. The topological polar surface area (TPSA) is 41.8 Å². The quantitative estimate of drug-likeness (QED) is 0.615. The van der Waals surface area contributed by atoms with Crippen LogP contribution in [0, 0.1) is 5.92 Å². The van der Waals surface area contributed by atoms with Crippen molar-refractivity contribution < 1.29 is 4.79 Å². The van der Waals surface area contributed by atoms with Crippen molar-refractivity contribution in [3.8, 4) is 0 Å². The SMILES string of the molecule is O=C1C=CC2C=NC=C(Br)C2=N1. The van der Waals surface area contributed by atoms with Crippen LogP contribution in [0.15, 0.2) is 32.8 Å². The van der Waals surface area contributed by atoms with Gasteiger partial charge in [-0.3, -0.25) is 9.79 Å². The second-order valence-corrected chi connectivity index (χ2v) is 3.35. The molecule has 4 heteroatoms. The Morgan fingerprint density at radius 3 is 3.17 bits per heavy atom. The van der Waals surface area contributed by atoms with Gasteiger partial charge in [-0.05, 0) is 15.9 Å². The Morgan fingerprint density at radius 2 is 2.33 bits per heavy atom. The lowest BCUT2D eigenvalue weighted by atomic mass is 10.0. The van der Waals surface area contributed by atoms with Gasteiger partial charge in [0, 0.05) is 18.5 Å². The first-order valence-electron chi connectivity index (χ1n) is 3.47. The van der Waals surface area contributed by atoms with Gasteiger partial charge < -0.3 is 0 Å². The molecule has 0 bridgehead atoms. The van der Waals surface area contributed by atoms with Crippen molar-refractivity contribution in [3.05, 3.63) is 22.8 Å². The van der Waals surface area contributed by atoms with Crippen LogP contribution in [0.4, 0.5) is 0 Å². The van der Waals surface area contributed by atoms with E-state index >= 15 is 0 Å². The molecule has 0 saturated carbocycles. The Hall–Kier alpha value is -1.03. The molecule has 60 valence electrons. The van der Waals surface area contributed by atoms with Gasteiger partial charge in [0.1, 0.15) is 0 Å². The van der Waals surface area contributed by atoms with E-state index in [2.05, 4.69) is 25.9 Å². The van der Waals surface area contributed by atoms with Crippen molar-refractivity contribution in [2.45, 2.75) is 0 Å². The first kappa shape index (κ1) is 7.61. The molecule has 0 spiro atoms. The van der Waals surface area contributed by atoms with Crippen molar-refractivity contribution >= 4 is 33.8 Å². The maximum absolute atomic E-state index is 10.9. The van der Waals surface area contributed by atoms with Gasteiger partial charge in [-0.1, -0.05) is 6.08 Å². The van der Waals surface area contributed by atoms with Crippen LogP contribution in [0.2, 0.25) is 0 Å². The first-order valence-corrected chi connectivity index (χ1v) is 4.27. The van der Waals surface area contributed by atoms with Crippen LogP contribution >= 0.6 is 15.9 Å². The highest BCUT2D eigenvalue weighted by atomic mass is 79.9. The fourth-order valence-corrected chi connectivity index (χ4v) is 1.58. The molecule has 0 saturated heterocycles. The number of halogens is 1. The van der Waals surface area contributed by atoms with Gasteiger partial charge in [0.2, 0.25) is 0 Å². The van der Waals surface area contributed by atoms with Crippen LogP contribution in [0.3, 0.4) is 0 Å². The maximum atomic E-state index is 10.9. The highest BCUT2D eigenvalue weighted by molar-refractivity contribution is 9.12. The second kappa shape index (κ2) is 2.79. The third kappa shape index (κ3) is 1.18. The maximum Gasteiger partial charge on any atom is 0.269 e. The molecule has 0 aromatic rings. The van der Waals surface area contributed by atoms with Crippen LogP contribution < -0.4 is 0 Å². The summed E-state index contributed by atoms with van der Waals surface area (Å²) in [6.45, 7) is 0. The van der Waals surface area contributed by atoms with Gasteiger partial charge in [0.15, 0.2) is 0 Å². The summed E-state index contributed by atoms with van der Waals surface area (Å²) >= 11 is 3.29. The molecular formula is C8H5BrN2O. The summed E-state index contributed by atoms with van der Waals surface area (Å²) in [5, 5.41) is 0. The summed E-state index contributed by atoms with van der Waals surface area (Å²) in [7, 11) is 0.